The maximum atomic E-state index is 13.0. The van der Waals surface area contributed by atoms with E-state index in [1.807, 2.05) is 0 Å². The molecule has 0 radical (unpaired) electrons. The Morgan fingerprint density at radius 1 is 1.14 bits per heavy atom. The Bertz CT molecular complexity index is 975. The van der Waals surface area contributed by atoms with Crippen LogP contribution in [-0.4, -0.2) is 25.1 Å². The molecule has 0 amide bonds. The van der Waals surface area contributed by atoms with E-state index in [4.69, 9.17) is 21.1 Å². The molecule has 11 heteroatoms. The van der Waals surface area contributed by atoms with Crippen LogP contribution in [-0.2, 0) is 15.7 Å². The minimum absolute atomic E-state index is 0.0124. The summed E-state index contributed by atoms with van der Waals surface area (Å²) >= 11 is 5.63. The number of benzene rings is 2. The number of nitro groups is 1. The molecule has 0 N–H and O–H groups in total. The summed E-state index contributed by atoms with van der Waals surface area (Å²) in [7, 11) is 2.51. The standard InChI is InChI=1S/C18H13ClF3NO6/c1-27-16-7-10(4-6-17(24)28-2)3-5-14(16)29-15-9-12(19)11(18(20,21)22)8-13(15)23(25)26/h3-9H,1-2H3/b6-4+. The third-order valence-corrected chi connectivity index (χ3v) is 3.88. The summed E-state index contributed by atoms with van der Waals surface area (Å²) in [5, 5.41) is 10.5. The first-order valence-corrected chi connectivity index (χ1v) is 8.11. The summed E-state index contributed by atoms with van der Waals surface area (Å²) < 4.78 is 53.9. The molecular weight excluding hydrogens is 419 g/mol. The van der Waals surface area contributed by atoms with Gasteiger partial charge in [-0.2, -0.15) is 13.2 Å². The average molecular weight is 432 g/mol. The van der Waals surface area contributed by atoms with E-state index >= 15 is 0 Å². The molecule has 0 bridgehead atoms. The van der Waals surface area contributed by atoms with Crippen molar-refractivity contribution in [2.75, 3.05) is 14.2 Å². The molecule has 0 aromatic heterocycles. The molecular formula is C18H13ClF3NO6. The van der Waals surface area contributed by atoms with Gasteiger partial charge in [0.2, 0.25) is 5.75 Å². The number of halogens is 4. The van der Waals surface area contributed by atoms with Gasteiger partial charge >= 0.3 is 17.8 Å². The van der Waals surface area contributed by atoms with Crippen LogP contribution in [0.4, 0.5) is 18.9 Å². The highest BCUT2D eigenvalue weighted by atomic mass is 35.5. The first-order chi connectivity index (χ1) is 13.6. The summed E-state index contributed by atoms with van der Waals surface area (Å²) in [5.41, 5.74) is -1.76. The summed E-state index contributed by atoms with van der Waals surface area (Å²) in [6, 6.07) is 5.33. The zero-order valence-corrected chi connectivity index (χ0v) is 15.7. The first-order valence-electron chi connectivity index (χ1n) is 7.74. The van der Waals surface area contributed by atoms with Gasteiger partial charge in [0, 0.05) is 18.2 Å². The lowest BCUT2D eigenvalue weighted by Gasteiger charge is -2.14. The SMILES string of the molecule is COC(=O)/C=C/c1ccc(Oc2cc(Cl)c(C(F)(F)F)cc2[N+](=O)[O-])c(OC)c1. The second kappa shape index (κ2) is 8.82. The maximum Gasteiger partial charge on any atom is 0.418 e. The van der Waals surface area contributed by atoms with Gasteiger partial charge in [-0.05, 0) is 23.8 Å². The van der Waals surface area contributed by atoms with Gasteiger partial charge in [-0.15, -0.1) is 0 Å². The Morgan fingerprint density at radius 3 is 2.38 bits per heavy atom. The Kier molecular flexibility index (Phi) is 6.70. The number of nitro benzene ring substituents is 1. The van der Waals surface area contributed by atoms with Crippen LogP contribution in [0, 0.1) is 10.1 Å². The highest BCUT2D eigenvalue weighted by Gasteiger charge is 2.36. The molecule has 0 heterocycles. The van der Waals surface area contributed by atoms with E-state index in [2.05, 4.69) is 4.74 Å². The fourth-order valence-corrected chi connectivity index (χ4v) is 2.47. The van der Waals surface area contributed by atoms with Crippen LogP contribution in [0.2, 0.25) is 5.02 Å². The zero-order valence-electron chi connectivity index (χ0n) is 15.0. The second-order valence-electron chi connectivity index (χ2n) is 5.42. The number of carbonyl (C=O) groups excluding carboxylic acids is 1. The number of alkyl halides is 3. The third kappa shape index (κ3) is 5.38. The molecule has 0 saturated heterocycles. The van der Waals surface area contributed by atoms with Crippen LogP contribution >= 0.6 is 11.6 Å². The Hall–Kier alpha value is -3.27. The minimum Gasteiger partial charge on any atom is -0.493 e. The van der Waals surface area contributed by atoms with Gasteiger partial charge in [0.15, 0.2) is 11.5 Å². The number of ether oxygens (including phenoxy) is 3. The van der Waals surface area contributed by atoms with Crippen LogP contribution in [0.3, 0.4) is 0 Å². The highest BCUT2D eigenvalue weighted by Crippen LogP contribution is 2.43. The molecule has 7 nitrogen and oxygen atoms in total. The molecule has 0 aliphatic heterocycles. The van der Waals surface area contributed by atoms with Gasteiger partial charge in [-0.1, -0.05) is 17.7 Å². The van der Waals surface area contributed by atoms with Crippen LogP contribution in [0.5, 0.6) is 17.2 Å². The van der Waals surface area contributed by atoms with Crippen molar-refractivity contribution >= 4 is 29.3 Å². The third-order valence-electron chi connectivity index (χ3n) is 3.57. The summed E-state index contributed by atoms with van der Waals surface area (Å²) in [5.74, 6) is -0.979. The molecule has 0 aliphatic rings. The molecule has 154 valence electrons. The fraction of sp³-hybridized carbons (Fsp3) is 0.167. The molecule has 29 heavy (non-hydrogen) atoms. The molecule has 2 aromatic rings. The van der Waals surface area contributed by atoms with Crippen LogP contribution < -0.4 is 9.47 Å². The van der Waals surface area contributed by atoms with Crippen molar-refractivity contribution in [2.24, 2.45) is 0 Å². The van der Waals surface area contributed by atoms with Crippen molar-refractivity contribution in [1.82, 2.24) is 0 Å². The Morgan fingerprint density at radius 2 is 1.83 bits per heavy atom. The molecule has 0 fully saturated rings. The van der Waals surface area contributed by atoms with E-state index in [0.29, 0.717) is 17.7 Å². The van der Waals surface area contributed by atoms with Crippen molar-refractivity contribution in [3.8, 4) is 17.2 Å². The Balaban J connectivity index is 2.45. The van der Waals surface area contributed by atoms with E-state index in [0.717, 1.165) is 6.08 Å². The van der Waals surface area contributed by atoms with Crippen molar-refractivity contribution in [2.45, 2.75) is 6.18 Å². The quantitative estimate of drug-likeness (QED) is 0.268. The number of carbonyl (C=O) groups is 1. The first kappa shape index (κ1) is 22.0. The molecule has 2 rings (SSSR count). The van der Waals surface area contributed by atoms with Crippen LogP contribution in [0.25, 0.3) is 6.08 Å². The molecule has 2 aromatic carbocycles. The number of hydrogen-bond acceptors (Lipinski definition) is 6. The molecule has 0 atom stereocenters. The van der Waals surface area contributed by atoms with Gasteiger partial charge < -0.3 is 14.2 Å². The van der Waals surface area contributed by atoms with E-state index in [1.165, 1.54) is 38.5 Å². The van der Waals surface area contributed by atoms with E-state index in [9.17, 15) is 28.1 Å². The number of nitrogens with zero attached hydrogens (tertiary/aromatic N) is 1. The van der Waals surface area contributed by atoms with Crippen LogP contribution in [0.1, 0.15) is 11.1 Å². The van der Waals surface area contributed by atoms with Crippen molar-refractivity contribution in [3.05, 3.63) is 62.7 Å². The monoisotopic (exact) mass is 431 g/mol. The van der Waals surface area contributed by atoms with Gasteiger partial charge in [-0.3, -0.25) is 10.1 Å². The molecule has 0 aliphatic carbocycles. The predicted molar refractivity (Wildman–Crippen MR) is 97.2 cm³/mol. The number of hydrogen-bond donors (Lipinski definition) is 0. The highest BCUT2D eigenvalue weighted by molar-refractivity contribution is 6.31. The lowest BCUT2D eigenvalue weighted by Crippen LogP contribution is -2.07. The van der Waals surface area contributed by atoms with Gasteiger partial charge in [-0.25, -0.2) is 4.79 Å². The maximum absolute atomic E-state index is 13.0. The fourth-order valence-electron chi connectivity index (χ4n) is 2.21. The number of esters is 1. The topological polar surface area (TPSA) is 87.9 Å². The molecule has 0 spiro atoms. The smallest absolute Gasteiger partial charge is 0.418 e. The largest absolute Gasteiger partial charge is 0.493 e. The number of methoxy groups -OCH3 is 2. The summed E-state index contributed by atoms with van der Waals surface area (Å²) in [4.78, 5) is 21.4. The molecule has 0 unspecified atom stereocenters. The van der Waals surface area contributed by atoms with Crippen molar-refractivity contribution < 1.29 is 37.1 Å². The predicted octanol–water partition coefficient (Wildman–Crippen LogP) is 5.25. The van der Waals surface area contributed by atoms with Crippen molar-refractivity contribution in [3.63, 3.8) is 0 Å². The molecule has 0 saturated carbocycles. The summed E-state index contributed by atoms with van der Waals surface area (Å²) in [6.07, 6.45) is -2.28. The normalized spacial score (nSPS) is 11.4. The van der Waals surface area contributed by atoms with E-state index in [-0.39, 0.29) is 11.5 Å². The van der Waals surface area contributed by atoms with Gasteiger partial charge in [0.25, 0.3) is 0 Å². The lowest BCUT2D eigenvalue weighted by atomic mass is 10.1. The van der Waals surface area contributed by atoms with E-state index in [1.54, 1.807) is 0 Å². The zero-order chi connectivity index (χ0) is 21.8. The number of rotatable bonds is 6. The summed E-state index contributed by atoms with van der Waals surface area (Å²) in [6.45, 7) is 0. The Labute approximate surface area is 167 Å². The average Bonchev–Trinajstić information content (AvgIpc) is 2.65. The van der Waals surface area contributed by atoms with Crippen molar-refractivity contribution in [1.29, 1.82) is 0 Å². The minimum atomic E-state index is -4.87. The lowest BCUT2D eigenvalue weighted by molar-refractivity contribution is -0.385. The van der Waals surface area contributed by atoms with Gasteiger partial charge in [0.05, 0.1) is 29.7 Å². The van der Waals surface area contributed by atoms with Gasteiger partial charge in [0.1, 0.15) is 0 Å². The van der Waals surface area contributed by atoms with Crippen LogP contribution in [0.15, 0.2) is 36.4 Å². The van der Waals surface area contributed by atoms with E-state index < -0.39 is 39.1 Å². The second-order valence-corrected chi connectivity index (χ2v) is 5.83.